The quantitative estimate of drug-likeness (QED) is 0.836. The van der Waals surface area contributed by atoms with Crippen molar-refractivity contribution in [2.75, 3.05) is 0 Å². The number of aliphatic hydroxyl groups is 1. The van der Waals surface area contributed by atoms with E-state index in [2.05, 4.69) is 10.4 Å². The third-order valence-electron chi connectivity index (χ3n) is 4.75. The Morgan fingerprint density at radius 2 is 2.15 bits per heavy atom. The minimum absolute atomic E-state index is 0.00433. The molecule has 5 nitrogen and oxygen atoms in total. The standard InChI is InChI=1S/C19H22F3N3O2/c1-11(2)18(27)23-16-6-4-13-7-12(3-5-15(13)16)8-25-9-14(10-26)17(24-25)19(20,21)22/h3,5,7,9,11,16,26H,4,6,8,10H2,1-2H3,(H,23,27). The monoisotopic (exact) mass is 381 g/mol. The molecule has 0 radical (unpaired) electrons. The highest BCUT2D eigenvalue weighted by molar-refractivity contribution is 5.78. The number of nitrogens with one attached hydrogen (secondary N) is 1. The second-order valence-electron chi connectivity index (χ2n) is 7.14. The summed E-state index contributed by atoms with van der Waals surface area (Å²) in [6.45, 7) is 3.15. The average Bonchev–Trinajstić information content (AvgIpc) is 3.18. The molecule has 1 unspecified atom stereocenters. The number of alkyl halides is 3. The van der Waals surface area contributed by atoms with Crippen molar-refractivity contribution in [2.24, 2.45) is 5.92 Å². The molecule has 27 heavy (non-hydrogen) atoms. The zero-order valence-corrected chi connectivity index (χ0v) is 15.2. The van der Waals surface area contributed by atoms with Crippen molar-refractivity contribution in [1.82, 2.24) is 15.1 Å². The lowest BCUT2D eigenvalue weighted by atomic mass is 10.0. The van der Waals surface area contributed by atoms with Crippen LogP contribution in [-0.2, 0) is 30.5 Å². The molecule has 1 aromatic heterocycles. The molecular weight excluding hydrogens is 359 g/mol. The van der Waals surface area contributed by atoms with Crippen molar-refractivity contribution in [3.8, 4) is 0 Å². The number of carbonyl (C=O) groups is 1. The van der Waals surface area contributed by atoms with Gasteiger partial charge < -0.3 is 10.4 Å². The van der Waals surface area contributed by atoms with Gasteiger partial charge in [0.05, 0.1) is 19.2 Å². The predicted octanol–water partition coefficient (Wildman–Crippen LogP) is 3.20. The number of hydrogen-bond donors (Lipinski definition) is 2. The SMILES string of the molecule is CC(C)C(=O)NC1CCc2cc(Cn3cc(CO)c(C(F)(F)F)n3)ccc21. The van der Waals surface area contributed by atoms with Gasteiger partial charge in [0.25, 0.3) is 0 Å². The van der Waals surface area contributed by atoms with Crippen LogP contribution in [0.1, 0.15) is 54.3 Å². The Morgan fingerprint density at radius 3 is 2.74 bits per heavy atom. The number of halogens is 3. The molecule has 8 heteroatoms. The Kier molecular flexibility index (Phi) is 5.28. The van der Waals surface area contributed by atoms with E-state index in [1.54, 1.807) is 0 Å². The fourth-order valence-electron chi connectivity index (χ4n) is 3.34. The summed E-state index contributed by atoms with van der Waals surface area (Å²) < 4.78 is 40.0. The summed E-state index contributed by atoms with van der Waals surface area (Å²) in [5.41, 5.74) is 1.68. The number of hydrogen-bond acceptors (Lipinski definition) is 3. The lowest BCUT2D eigenvalue weighted by Gasteiger charge is -2.16. The molecule has 146 valence electrons. The highest BCUT2D eigenvalue weighted by Gasteiger charge is 2.37. The van der Waals surface area contributed by atoms with E-state index in [0.29, 0.717) is 0 Å². The van der Waals surface area contributed by atoms with Crippen molar-refractivity contribution in [3.63, 3.8) is 0 Å². The molecule has 2 N–H and O–H groups in total. The predicted molar refractivity (Wildman–Crippen MR) is 92.7 cm³/mol. The molecule has 0 bridgehead atoms. The van der Waals surface area contributed by atoms with Gasteiger partial charge in [0.15, 0.2) is 5.69 Å². The van der Waals surface area contributed by atoms with Gasteiger partial charge in [0.1, 0.15) is 0 Å². The number of carbonyl (C=O) groups excluding carboxylic acids is 1. The number of rotatable bonds is 5. The van der Waals surface area contributed by atoms with Crippen molar-refractivity contribution in [3.05, 3.63) is 52.3 Å². The van der Waals surface area contributed by atoms with Crippen LogP contribution in [0.5, 0.6) is 0 Å². The lowest BCUT2D eigenvalue weighted by molar-refractivity contribution is -0.142. The molecule has 0 aliphatic heterocycles. The molecule has 1 amide bonds. The van der Waals surface area contributed by atoms with E-state index in [1.807, 2.05) is 32.0 Å². The fourth-order valence-corrected chi connectivity index (χ4v) is 3.34. The number of aromatic nitrogens is 2. The Hall–Kier alpha value is -2.35. The molecule has 0 saturated heterocycles. The highest BCUT2D eigenvalue weighted by atomic mass is 19.4. The number of amides is 1. The third-order valence-corrected chi connectivity index (χ3v) is 4.75. The van der Waals surface area contributed by atoms with Crippen molar-refractivity contribution in [2.45, 2.75) is 52.1 Å². The first-order chi connectivity index (χ1) is 12.7. The van der Waals surface area contributed by atoms with Gasteiger partial charge in [-0.2, -0.15) is 18.3 Å². The maximum absolute atomic E-state index is 12.9. The van der Waals surface area contributed by atoms with Crippen LogP contribution in [0.15, 0.2) is 24.4 Å². The van der Waals surface area contributed by atoms with Crippen LogP contribution in [0.4, 0.5) is 13.2 Å². The third kappa shape index (κ3) is 4.16. The van der Waals surface area contributed by atoms with Gasteiger partial charge in [0, 0.05) is 17.7 Å². The van der Waals surface area contributed by atoms with Crippen LogP contribution >= 0.6 is 0 Å². The summed E-state index contributed by atoms with van der Waals surface area (Å²) in [4.78, 5) is 11.9. The topological polar surface area (TPSA) is 67.2 Å². The molecule has 0 spiro atoms. The number of aliphatic hydroxyl groups excluding tert-OH is 1. The van der Waals surface area contributed by atoms with Crippen LogP contribution in [0.2, 0.25) is 0 Å². The van der Waals surface area contributed by atoms with Gasteiger partial charge in [-0.1, -0.05) is 32.0 Å². The maximum Gasteiger partial charge on any atom is 0.435 e. The second kappa shape index (κ2) is 7.34. The number of fused-ring (bicyclic) bond motifs is 1. The van der Waals surface area contributed by atoms with E-state index in [-0.39, 0.29) is 30.0 Å². The average molecular weight is 381 g/mol. The van der Waals surface area contributed by atoms with Crippen molar-refractivity contribution < 1.29 is 23.1 Å². The van der Waals surface area contributed by atoms with E-state index in [4.69, 9.17) is 5.11 Å². The zero-order chi connectivity index (χ0) is 19.8. The number of nitrogens with zero attached hydrogens (tertiary/aromatic N) is 2. The summed E-state index contributed by atoms with van der Waals surface area (Å²) >= 11 is 0. The molecule has 0 saturated carbocycles. The summed E-state index contributed by atoms with van der Waals surface area (Å²) in [5, 5.41) is 15.8. The minimum Gasteiger partial charge on any atom is -0.392 e. The van der Waals surface area contributed by atoms with E-state index in [0.717, 1.165) is 29.5 Å². The van der Waals surface area contributed by atoms with Crippen LogP contribution in [0.25, 0.3) is 0 Å². The molecule has 3 rings (SSSR count). The Morgan fingerprint density at radius 1 is 1.41 bits per heavy atom. The smallest absolute Gasteiger partial charge is 0.392 e. The largest absolute Gasteiger partial charge is 0.435 e. The van der Waals surface area contributed by atoms with Gasteiger partial charge in [-0.05, 0) is 29.5 Å². The van der Waals surface area contributed by atoms with Crippen molar-refractivity contribution >= 4 is 5.91 Å². The number of benzene rings is 1. The molecule has 1 heterocycles. The molecule has 1 aromatic carbocycles. The van der Waals surface area contributed by atoms with Crippen LogP contribution < -0.4 is 5.32 Å². The number of aryl methyl sites for hydroxylation is 1. The van der Waals surface area contributed by atoms with E-state index < -0.39 is 18.5 Å². The van der Waals surface area contributed by atoms with Crippen LogP contribution in [0, 0.1) is 5.92 Å². The van der Waals surface area contributed by atoms with Gasteiger partial charge in [-0.3, -0.25) is 9.48 Å². The summed E-state index contributed by atoms with van der Waals surface area (Å²) in [6, 6.07) is 5.69. The van der Waals surface area contributed by atoms with Gasteiger partial charge in [-0.25, -0.2) is 0 Å². The molecule has 0 fully saturated rings. The maximum atomic E-state index is 12.9. The molecule has 2 aromatic rings. The molecule has 1 atom stereocenters. The fraction of sp³-hybridized carbons (Fsp3) is 0.474. The first kappa shape index (κ1) is 19.4. The second-order valence-corrected chi connectivity index (χ2v) is 7.14. The van der Waals surface area contributed by atoms with E-state index in [9.17, 15) is 18.0 Å². The Labute approximate surface area is 155 Å². The molecule has 1 aliphatic rings. The lowest BCUT2D eigenvalue weighted by Crippen LogP contribution is -2.30. The molecular formula is C19H22F3N3O2. The summed E-state index contributed by atoms with van der Waals surface area (Å²) in [5.74, 6) is -0.0821. The summed E-state index contributed by atoms with van der Waals surface area (Å²) in [7, 11) is 0. The first-order valence-corrected chi connectivity index (χ1v) is 8.85. The van der Waals surface area contributed by atoms with E-state index in [1.165, 1.54) is 10.9 Å². The van der Waals surface area contributed by atoms with Crippen molar-refractivity contribution in [1.29, 1.82) is 0 Å². The van der Waals surface area contributed by atoms with Crippen LogP contribution in [-0.4, -0.2) is 20.8 Å². The van der Waals surface area contributed by atoms with E-state index >= 15 is 0 Å². The highest BCUT2D eigenvalue weighted by Crippen LogP contribution is 2.33. The summed E-state index contributed by atoms with van der Waals surface area (Å²) in [6.07, 6.45) is -1.75. The van der Waals surface area contributed by atoms with Gasteiger partial charge in [0.2, 0.25) is 5.91 Å². The first-order valence-electron chi connectivity index (χ1n) is 8.85. The minimum atomic E-state index is -4.59. The van der Waals surface area contributed by atoms with Crippen LogP contribution in [0.3, 0.4) is 0 Å². The van der Waals surface area contributed by atoms with Gasteiger partial charge >= 0.3 is 6.18 Å². The Bertz CT molecular complexity index is 843. The van der Waals surface area contributed by atoms with Gasteiger partial charge in [-0.15, -0.1) is 0 Å². The molecule has 1 aliphatic carbocycles. The Balaban J connectivity index is 1.77. The normalized spacial score (nSPS) is 16.6. The zero-order valence-electron chi connectivity index (χ0n) is 15.2.